The van der Waals surface area contributed by atoms with Crippen molar-refractivity contribution < 1.29 is 14.3 Å². The minimum atomic E-state index is -1.51. The molecule has 9 aromatic carbocycles. The van der Waals surface area contributed by atoms with E-state index in [1.54, 1.807) is 96.0 Å². The van der Waals surface area contributed by atoms with Crippen molar-refractivity contribution in [2.24, 2.45) is 14.1 Å². The van der Waals surface area contributed by atoms with Gasteiger partial charge < -0.3 is 13.9 Å². The summed E-state index contributed by atoms with van der Waals surface area (Å²) in [4.78, 5) is 52.3. The first-order valence-electron chi connectivity index (χ1n) is 27.5. The third kappa shape index (κ3) is 12.9. The van der Waals surface area contributed by atoms with Crippen LogP contribution in [0.25, 0.3) is 44.1 Å². The van der Waals surface area contributed by atoms with Crippen molar-refractivity contribution in [1.82, 2.24) is 9.13 Å². The van der Waals surface area contributed by atoms with Gasteiger partial charge in [0.1, 0.15) is 13.7 Å². The Morgan fingerprint density at radius 1 is 0.464 bits per heavy atom. The predicted molar refractivity (Wildman–Crippen MR) is 346 cm³/mol. The molecule has 0 aliphatic rings. The molecule has 0 spiro atoms. The Bertz CT molecular complexity index is 4410. The summed E-state index contributed by atoms with van der Waals surface area (Å²) in [6.07, 6.45) is 0.503. The van der Waals surface area contributed by atoms with Gasteiger partial charge in [-0.3, -0.25) is 19.2 Å². The van der Waals surface area contributed by atoms with E-state index in [9.17, 15) is 19.2 Å². The van der Waals surface area contributed by atoms with Crippen molar-refractivity contribution in [2.45, 2.75) is 31.7 Å². The number of aromatic nitrogens is 2. The number of hydrogen-bond donors (Lipinski definition) is 0. The lowest BCUT2D eigenvalue weighted by molar-refractivity contribution is 0.0165. The number of rotatable bonds is 12. The zero-order valence-corrected chi connectivity index (χ0v) is 49.6. The van der Waals surface area contributed by atoms with Crippen LogP contribution in [-0.4, -0.2) is 35.4 Å². The molecule has 84 heavy (non-hydrogen) atoms. The molecule has 0 unspecified atom stereocenters. The zero-order chi connectivity index (χ0) is 59.0. The Labute approximate surface area is 500 Å². The number of ether oxygens (including phenoxy) is 1. The summed E-state index contributed by atoms with van der Waals surface area (Å²) in [7, 11) is 1.97. The molecule has 2 heterocycles. The first-order valence-corrected chi connectivity index (χ1v) is 31.7. The molecule has 11 rings (SSSR count). The topological polar surface area (TPSA) is 87.4 Å². The number of pyridine rings is 2. The number of benzene rings is 9. The number of halogens is 2. The second kappa shape index (κ2) is 25.4. The van der Waals surface area contributed by atoms with Gasteiger partial charge in [-0.1, -0.05) is 176 Å². The Hall–Kier alpha value is -9.38. The van der Waals surface area contributed by atoms with E-state index < -0.39 is 13.7 Å². The van der Waals surface area contributed by atoms with Crippen molar-refractivity contribution in [3.05, 3.63) is 317 Å². The minimum absolute atomic E-state index is 0.0943. The number of carbonyl (C=O) groups is 2. The van der Waals surface area contributed by atoms with Gasteiger partial charge in [0.2, 0.25) is 0 Å². The van der Waals surface area contributed by atoms with E-state index in [0.29, 0.717) is 45.3 Å². The lowest BCUT2D eigenvalue weighted by Crippen LogP contribution is -2.33. The quantitative estimate of drug-likeness (QED) is 0.0400. The summed E-state index contributed by atoms with van der Waals surface area (Å²) >= 11 is 12.0. The summed E-state index contributed by atoms with van der Waals surface area (Å²) in [5.41, 5.74) is 14.2. The molecule has 10 heteroatoms. The van der Waals surface area contributed by atoms with Crippen molar-refractivity contribution in [3.63, 3.8) is 0 Å². The summed E-state index contributed by atoms with van der Waals surface area (Å²) in [6.45, 7) is 7.02. The highest BCUT2D eigenvalue weighted by Crippen LogP contribution is 2.41. The van der Waals surface area contributed by atoms with Gasteiger partial charge in [0.05, 0.1) is 17.6 Å². The zero-order valence-electron chi connectivity index (χ0n) is 47.1. The van der Waals surface area contributed by atoms with E-state index in [0.717, 1.165) is 71.9 Å². The first-order chi connectivity index (χ1) is 40.6. The Kier molecular flexibility index (Phi) is 17.5. The van der Waals surface area contributed by atoms with Gasteiger partial charge in [-0.15, -0.1) is 5.54 Å². The van der Waals surface area contributed by atoms with Crippen LogP contribution < -0.4 is 11.1 Å². The monoisotopic (exact) mass is 1150 g/mol. The van der Waals surface area contributed by atoms with E-state index in [1.165, 1.54) is 0 Å². The number of fused-ring (bicyclic) bond motifs is 2. The third-order valence-corrected chi connectivity index (χ3v) is 15.9. The summed E-state index contributed by atoms with van der Waals surface area (Å²) in [5.74, 6) is 9.70. The molecule has 412 valence electrons. The molecule has 0 fully saturated rings. The number of carbonyl (C=O) groups excluding carboxylic acids is 2. The maximum atomic E-state index is 13.4. The molecule has 0 atom stereocenters. The molecule has 0 saturated heterocycles. The molecular formula is C74H58Cl2N2O5Si. The van der Waals surface area contributed by atoms with Crippen LogP contribution in [0.1, 0.15) is 66.1 Å². The number of hydrogen-bond acceptors (Lipinski definition) is 5. The summed E-state index contributed by atoms with van der Waals surface area (Å²) < 4.78 is 10.1. The highest BCUT2D eigenvalue weighted by molar-refractivity contribution is 6.83. The van der Waals surface area contributed by atoms with E-state index in [4.69, 9.17) is 27.9 Å². The normalized spacial score (nSPS) is 11.2. The van der Waals surface area contributed by atoms with Crippen molar-refractivity contribution >= 4 is 64.6 Å². The van der Waals surface area contributed by atoms with Crippen LogP contribution in [0.4, 0.5) is 0 Å². The highest BCUT2D eigenvalue weighted by atomic mass is 35.5. The fraction of sp³-hybridized carbons (Fsp3) is 0.108. The highest BCUT2D eigenvalue weighted by Gasteiger charge is 2.37. The van der Waals surface area contributed by atoms with Gasteiger partial charge in [-0.05, 0) is 148 Å². The Morgan fingerprint density at radius 3 is 1.26 bits per heavy atom. The second-order valence-electron chi connectivity index (χ2n) is 21.4. The largest absolute Gasteiger partial charge is 0.360 e. The van der Waals surface area contributed by atoms with Gasteiger partial charge in [0.15, 0.2) is 11.6 Å². The maximum Gasteiger partial charge on any atom is 0.251 e. The molecule has 0 saturated carbocycles. The average molecular weight is 1150 g/mol. The van der Waals surface area contributed by atoms with Crippen LogP contribution in [0.3, 0.4) is 0 Å². The molecule has 0 bridgehead atoms. The average Bonchev–Trinajstić information content (AvgIpc) is 1.84. The lowest BCUT2D eigenvalue weighted by Gasteiger charge is -2.35. The second-order valence-corrected chi connectivity index (χ2v) is 27.0. The van der Waals surface area contributed by atoms with Gasteiger partial charge in [-0.2, -0.15) is 0 Å². The lowest BCUT2D eigenvalue weighted by atomic mass is 9.80. The van der Waals surface area contributed by atoms with Gasteiger partial charge >= 0.3 is 0 Å². The molecule has 0 N–H and O–H groups in total. The molecule has 0 aliphatic heterocycles. The van der Waals surface area contributed by atoms with Crippen LogP contribution in [0.5, 0.6) is 0 Å². The van der Waals surface area contributed by atoms with E-state index in [2.05, 4.69) is 79.3 Å². The Balaban J connectivity index is 0.000000206. The SMILES string of the molecule is Cn1c(=O)cc(-c2cccc(C#CCCOC(c3ccccc3)(c3ccccc3)c3ccccc3)c2)c2cc(C(=O)c3ccc(Cl)cc3)ccc21.Cn1c(=O)cc(-c2cccc(C#C[Si](C)(C)C)c2)c2cc(C(=O)c3ccc(Cl)cc3)ccc21. The first kappa shape index (κ1) is 57.8. The molecule has 11 aromatic rings. The molecule has 2 aromatic heterocycles. The molecular weight excluding hydrogens is 1100 g/mol. The number of aryl methyl sites for hydroxylation is 2. The molecule has 0 amide bonds. The summed E-state index contributed by atoms with van der Waals surface area (Å²) in [5, 5.41) is 2.79. The molecule has 0 radical (unpaired) electrons. The van der Waals surface area contributed by atoms with Crippen molar-refractivity contribution in [1.29, 1.82) is 0 Å². The van der Waals surface area contributed by atoms with Crippen LogP contribution in [0, 0.1) is 23.3 Å². The van der Waals surface area contributed by atoms with Crippen LogP contribution in [-0.2, 0) is 24.4 Å². The molecule has 0 aliphatic carbocycles. The summed E-state index contributed by atoms with van der Waals surface area (Å²) in [6, 6.07) is 74.5. The van der Waals surface area contributed by atoms with Crippen LogP contribution in [0.15, 0.2) is 246 Å². The van der Waals surface area contributed by atoms with E-state index >= 15 is 0 Å². The van der Waals surface area contributed by atoms with E-state index in [-0.39, 0.29) is 22.7 Å². The van der Waals surface area contributed by atoms with Crippen LogP contribution >= 0.6 is 23.2 Å². The predicted octanol–water partition coefficient (Wildman–Crippen LogP) is 16.2. The van der Waals surface area contributed by atoms with Gasteiger partial charge in [-0.25, -0.2) is 0 Å². The molecule has 7 nitrogen and oxygen atoms in total. The minimum Gasteiger partial charge on any atom is -0.360 e. The van der Waals surface area contributed by atoms with E-state index in [1.807, 2.05) is 127 Å². The van der Waals surface area contributed by atoms with Crippen molar-refractivity contribution in [2.75, 3.05) is 6.61 Å². The van der Waals surface area contributed by atoms with Gasteiger partial charge in [0, 0.05) is 86.8 Å². The maximum absolute atomic E-state index is 13.4. The number of ketones is 2. The smallest absolute Gasteiger partial charge is 0.251 e. The fourth-order valence-electron chi connectivity index (χ4n) is 10.2. The van der Waals surface area contributed by atoms with Crippen molar-refractivity contribution in [3.8, 4) is 45.6 Å². The number of nitrogens with zero attached hydrogens (tertiary/aromatic N) is 2. The third-order valence-electron chi connectivity index (χ3n) is 14.5. The Morgan fingerprint density at radius 2 is 0.857 bits per heavy atom. The van der Waals surface area contributed by atoms with Crippen LogP contribution in [0.2, 0.25) is 29.7 Å². The fourth-order valence-corrected chi connectivity index (χ4v) is 11.0. The van der Waals surface area contributed by atoms with Gasteiger partial charge in [0.25, 0.3) is 11.1 Å². The standard InChI is InChI=1S/C46H34ClNO3.C28H24ClNO2Si/c1-48-43-28-25-36(45(50)34-23-26-40(47)27-24-34)31-42(43)41(32-44(48)49)35-16-13-15-33(30-35)14-11-12-29-51-46(37-17-5-2-6-18-37,38-19-7-3-8-20-38)39-21-9-4-10-22-39;1-30-26-13-10-22(28(32)20-8-11-23(29)12-9-20)17-25(26)24(18-27(30)31)21-7-5-6-19(16-21)14-15-33(2,3)4/h2-10,13,15-28,30-32H,12,29H2,1H3;5-13,16-18H,1-4H3.